The number of amides is 1. The standard InChI is InChI=1S/C28H37N7O/c1-21-17-22(2)20-33(19-21)12-6-11-29-27(36)25-18-32-26(24-8-4-3-7-23(24)25)34-13-15-35(16-14-34)28-30-9-5-10-31-28/h3-5,7-10,18,21-22H,6,11-17,19-20H2,1-2H3,(H,29,36). The van der Waals surface area contributed by atoms with Crippen LogP contribution in [-0.4, -0.2) is 78.1 Å². The maximum absolute atomic E-state index is 13.1. The van der Waals surface area contributed by atoms with Crippen molar-refractivity contribution >= 4 is 28.4 Å². The first-order valence-electron chi connectivity index (χ1n) is 13.2. The van der Waals surface area contributed by atoms with Gasteiger partial charge in [0.2, 0.25) is 5.95 Å². The molecule has 2 unspecified atom stereocenters. The summed E-state index contributed by atoms with van der Waals surface area (Å²) in [6.45, 7) is 12.0. The average Bonchev–Trinajstić information content (AvgIpc) is 2.90. The average molecular weight is 488 g/mol. The number of benzene rings is 1. The summed E-state index contributed by atoms with van der Waals surface area (Å²) >= 11 is 0. The van der Waals surface area contributed by atoms with Crippen molar-refractivity contribution in [3.05, 3.63) is 54.5 Å². The van der Waals surface area contributed by atoms with Gasteiger partial charge in [-0.15, -0.1) is 0 Å². The smallest absolute Gasteiger partial charge is 0.253 e. The molecule has 2 fully saturated rings. The number of piperidine rings is 1. The lowest BCUT2D eigenvalue weighted by Crippen LogP contribution is -2.47. The monoisotopic (exact) mass is 487 g/mol. The molecule has 1 N–H and O–H groups in total. The van der Waals surface area contributed by atoms with Crippen LogP contribution in [0.4, 0.5) is 11.8 Å². The van der Waals surface area contributed by atoms with Gasteiger partial charge in [0, 0.05) is 69.8 Å². The Morgan fingerprint density at radius 1 is 0.917 bits per heavy atom. The number of pyridine rings is 1. The van der Waals surface area contributed by atoms with Crippen LogP contribution in [0.25, 0.3) is 10.8 Å². The van der Waals surface area contributed by atoms with Crippen LogP contribution in [-0.2, 0) is 0 Å². The second-order valence-corrected chi connectivity index (χ2v) is 10.4. The van der Waals surface area contributed by atoms with Crippen molar-refractivity contribution in [3.8, 4) is 0 Å². The Hall–Kier alpha value is -3.26. The van der Waals surface area contributed by atoms with E-state index in [4.69, 9.17) is 4.98 Å². The van der Waals surface area contributed by atoms with E-state index < -0.39 is 0 Å². The molecule has 2 aliphatic heterocycles. The highest BCUT2D eigenvalue weighted by molar-refractivity contribution is 6.09. The Kier molecular flexibility index (Phi) is 7.60. The van der Waals surface area contributed by atoms with Crippen molar-refractivity contribution in [2.45, 2.75) is 26.7 Å². The maximum Gasteiger partial charge on any atom is 0.253 e. The van der Waals surface area contributed by atoms with Crippen LogP contribution in [0, 0.1) is 11.8 Å². The predicted molar refractivity (Wildman–Crippen MR) is 145 cm³/mol. The van der Waals surface area contributed by atoms with Crippen LogP contribution < -0.4 is 15.1 Å². The van der Waals surface area contributed by atoms with Crippen LogP contribution in [0.5, 0.6) is 0 Å². The fourth-order valence-corrected chi connectivity index (χ4v) is 5.76. The van der Waals surface area contributed by atoms with Gasteiger partial charge in [0.1, 0.15) is 5.82 Å². The molecule has 0 aliphatic carbocycles. The van der Waals surface area contributed by atoms with Crippen LogP contribution in [0.1, 0.15) is 37.0 Å². The van der Waals surface area contributed by atoms with Gasteiger partial charge >= 0.3 is 0 Å². The van der Waals surface area contributed by atoms with E-state index in [1.54, 1.807) is 18.6 Å². The van der Waals surface area contributed by atoms with Gasteiger partial charge in [-0.05, 0) is 42.7 Å². The number of hydrogen-bond donors (Lipinski definition) is 1. The number of nitrogens with one attached hydrogen (secondary N) is 1. The summed E-state index contributed by atoms with van der Waals surface area (Å²) in [4.78, 5) is 33.7. The topological polar surface area (TPSA) is 77.5 Å². The number of aromatic nitrogens is 3. The number of hydrogen-bond acceptors (Lipinski definition) is 7. The molecule has 36 heavy (non-hydrogen) atoms. The third-order valence-electron chi connectivity index (χ3n) is 7.31. The molecule has 5 rings (SSSR count). The predicted octanol–water partition coefficient (Wildman–Crippen LogP) is 3.45. The summed E-state index contributed by atoms with van der Waals surface area (Å²) in [5.41, 5.74) is 0.644. The van der Waals surface area contributed by atoms with Crippen molar-refractivity contribution in [1.29, 1.82) is 0 Å². The van der Waals surface area contributed by atoms with E-state index in [0.717, 1.165) is 73.5 Å². The Bertz CT molecular complexity index is 1150. The van der Waals surface area contributed by atoms with Gasteiger partial charge in [-0.3, -0.25) is 4.79 Å². The van der Waals surface area contributed by atoms with Crippen LogP contribution >= 0.6 is 0 Å². The molecule has 0 saturated carbocycles. The highest BCUT2D eigenvalue weighted by Crippen LogP contribution is 2.28. The number of fused-ring (bicyclic) bond motifs is 1. The molecule has 2 saturated heterocycles. The first-order valence-corrected chi connectivity index (χ1v) is 13.2. The third-order valence-corrected chi connectivity index (χ3v) is 7.31. The van der Waals surface area contributed by atoms with Gasteiger partial charge in [-0.25, -0.2) is 15.0 Å². The largest absolute Gasteiger partial charge is 0.353 e. The van der Waals surface area contributed by atoms with Crippen molar-refractivity contribution in [1.82, 2.24) is 25.2 Å². The molecule has 3 aromatic rings. The number of piperazine rings is 1. The first-order chi connectivity index (χ1) is 17.6. The Morgan fingerprint density at radius 2 is 1.58 bits per heavy atom. The minimum Gasteiger partial charge on any atom is -0.353 e. The molecule has 4 heterocycles. The number of likely N-dealkylation sites (tertiary alicyclic amines) is 1. The highest BCUT2D eigenvalue weighted by atomic mass is 16.1. The van der Waals surface area contributed by atoms with Crippen molar-refractivity contribution < 1.29 is 4.79 Å². The van der Waals surface area contributed by atoms with Crippen molar-refractivity contribution in [2.75, 3.05) is 62.2 Å². The summed E-state index contributed by atoms with van der Waals surface area (Å²) in [6.07, 6.45) is 7.59. The first kappa shape index (κ1) is 24.4. The van der Waals surface area contributed by atoms with Gasteiger partial charge < -0.3 is 20.0 Å². The van der Waals surface area contributed by atoms with Gasteiger partial charge in [-0.2, -0.15) is 0 Å². The van der Waals surface area contributed by atoms with Crippen LogP contribution in [0.2, 0.25) is 0 Å². The van der Waals surface area contributed by atoms with Gasteiger partial charge in [0.15, 0.2) is 0 Å². The summed E-state index contributed by atoms with van der Waals surface area (Å²) < 4.78 is 0. The lowest BCUT2D eigenvalue weighted by Gasteiger charge is -2.35. The summed E-state index contributed by atoms with van der Waals surface area (Å²) in [7, 11) is 0. The molecular formula is C28H37N7O. The Morgan fingerprint density at radius 3 is 2.31 bits per heavy atom. The Balaban J connectivity index is 1.21. The highest BCUT2D eigenvalue weighted by Gasteiger charge is 2.23. The third kappa shape index (κ3) is 5.59. The molecule has 1 aromatic carbocycles. The number of rotatable bonds is 7. The molecule has 1 amide bonds. The van der Waals surface area contributed by atoms with Gasteiger partial charge in [-0.1, -0.05) is 38.1 Å². The zero-order valence-electron chi connectivity index (χ0n) is 21.4. The van der Waals surface area contributed by atoms with E-state index >= 15 is 0 Å². The van der Waals surface area contributed by atoms with E-state index in [-0.39, 0.29) is 5.91 Å². The number of carbonyl (C=O) groups excluding carboxylic acids is 1. The number of anilines is 2. The quantitative estimate of drug-likeness (QED) is 0.512. The molecule has 190 valence electrons. The Labute approximate surface area is 213 Å². The van der Waals surface area contributed by atoms with Gasteiger partial charge in [0.25, 0.3) is 5.91 Å². The SMILES string of the molecule is CC1CC(C)CN(CCCNC(=O)c2cnc(N3CCN(c4ncccn4)CC3)c3ccccc23)C1. The molecule has 0 spiro atoms. The minimum atomic E-state index is -0.0447. The van der Waals surface area contributed by atoms with E-state index in [1.165, 1.54) is 19.5 Å². The molecule has 0 bridgehead atoms. The molecule has 2 aliphatic rings. The summed E-state index contributed by atoms with van der Waals surface area (Å²) in [5, 5.41) is 5.11. The van der Waals surface area contributed by atoms with E-state index in [1.807, 2.05) is 24.3 Å². The number of nitrogens with zero attached hydrogens (tertiary/aromatic N) is 6. The lowest BCUT2D eigenvalue weighted by molar-refractivity contribution is 0.0948. The lowest BCUT2D eigenvalue weighted by atomic mass is 9.92. The minimum absolute atomic E-state index is 0.0447. The van der Waals surface area contributed by atoms with Crippen LogP contribution in [0.15, 0.2) is 48.9 Å². The summed E-state index contributed by atoms with van der Waals surface area (Å²) in [6, 6.07) is 9.94. The molecular weight excluding hydrogens is 450 g/mol. The van der Waals surface area contributed by atoms with Gasteiger partial charge in [0.05, 0.1) is 5.56 Å². The van der Waals surface area contributed by atoms with E-state index in [9.17, 15) is 4.79 Å². The number of carbonyl (C=O) groups is 1. The fourth-order valence-electron chi connectivity index (χ4n) is 5.76. The molecule has 0 radical (unpaired) electrons. The fraction of sp³-hybridized carbons (Fsp3) is 0.500. The van der Waals surface area contributed by atoms with E-state index in [0.29, 0.717) is 12.1 Å². The zero-order valence-corrected chi connectivity index (χ0v) is 21.4. The van der Waals surface area contributed by atoms with Crippen molar-refractivity contribution in [3.63, 3.8) is 0 Å². The second-order valence-electron chi connectivity index (χ2n) is 10.4. The van der Waals surface area contributed by atoms with Crippen LogP contribution in [0.3, 0.4) is 0 Å². The normalized spacial score (nSPS) is 21.1. The van der Waals surface area contributed by atoms with E-state index in [2.05, 4.69) is 49.9 Å². The van der Waals surface area contributed by atoms with Crippen molar-refractivity contribution in [2.24, 2.45) is 11.8 Å². The second kappa shape index (κ2) is 11.2. The summed E-state index contributed by atoms with van der Waals surface area (Å²) in [5.74, 6) is 3.18. The molecule has 2 atom stereocenters. The molecule has 2 aromatic heterocycles. The molecule has 8 nitrogen and oxygen atoms in total. The maximum atomic E-state index is 13.1. The zero-order chi connectivity index (χ0) is 24.9. The molecule has 8 heteroatoms.